The van der Waals surface area contributed by atoms with E-state index in [0.29, 0.717) is 18.2 Å². The first-order valence-electron chi connectivity index (χ1n) is 7.00. The normalized spacial score (nSPS) is 11.1. The zero-order chi connectivity index (χ0) is 15.6. The highest BCUT2D eigenvalue weighted by Crippen LogP contribution is 2.18. The van der Waals surface area contributed by atoms with Gasteiger partial charge in [-0.25, -0.2) is 4.98 Å². The van der Waals surface area contributed by atoms with Gasteiger partial charge in [0.2, 0.25) is 0 Å². The van der Waals surface area contributed by atoms with Crippen LogP contribution in [0, 0.1) is 19.8 Å². The van der Waals surface area contributed by atoms with Gasteiger partial charge in [0.25, 0.3) is 5.91 Å². The van der Waals surface area contributed by atoms with Crippen LogP contribution in [-0.4, -0.2) is 28.0 Å². The highest BCUT2D eigenvalue weighted by Gasteiger charge is 2.19. The van der Waals surface area contributed by atoms with Crippen molar-refractivity contribution in [2.45, 2.75) is 40.7 Å². The zero-order valence-corrected chi connectivity index (χ0v) is 14.0. The molecule has 0 unspecified atom stereocenters. The second-order valence-corrected chi connectivity index (χ2v) is 6.63. The van der Waals surface area contributed by atoms with Gasteiger partial charge in [0.15, 0.2) is 0 Å². The van der Waals surface area contributed by atoms with Crippen molar-refractivity contribution in [2.75, 3.05) is 7.05 Å². The summed E-state index contributed by atoms with van der Waals surface area (Å²) in [6.07, 6.45) is 0.908. The van der Waals surface area contributed by atoms with Crippen molar-refractivity contribution in [1.29, 1.82) is 0 Å². The molecule has 0 aliphatic rings. The van der Waals surface area contributed by atoms with E-state index in [9.17, 15) is 4.79 Å². The summed E-state index contributed by atoms with van der Waals surface area (Å²) in [5, 5.41) is 6.76. The summed E-state index contributed by atoms with van der Waals surface area (Å²) < 4.78 is 5.13. The van der Waals surface area contributed by atoms with Crippen molar-refractivity contribution >= 4 is 17.2 Å². The van der Waals surface area contributed by atoms with Gasteiger partial charge in [-0.2, -0.15) is 0 Å². The largest absolute Gasteiger partial charge is 0.361 e. The van der Waals surface area contributed by atoms with Gasteiger partial charge in [0.05, 0.1) is 17.2 Å². The van der Waals surface area contributed by atoms with Gasteiger partial charge >= 0.3 is 0 Å². The van der Waals surface area contributed by atoms with Crippen molar-refractivity contribution in [2.24, 2.45) is 5.92 Å². The molecule has 0 spiro atoms. The minimum absolute atomic E-state index is 0.0683. The van der Waals surface area contributed by atoms with Crippen LogP contribution in [0.25, 0.3) is 0 Å². The lowest BCUT2D eigenvalue weighted by Gasteiger charge is -2.15. The molecule has 0 saturated carbocycles. The topological polar surface area (TPSA) is 59.2 Å². The van der Waals surface area contributed by atoms with Gasteiger partial charge in [0, 0.05) is 24.4 Å². The Morgan fingerprint density at radius 2 is 2.14 bits per heavy atom. The first-order chi connectivity index (χ1) is 9.88. The Morgan fingerprint density at radius 1 is 1.43 bits per heavy atom. The maximum absolute atomic E-state index is 12.4. The summed E-state index contributed by atoms with van der Waals surface area (Å²) in [5.41, 5.74) is 2.30. The van der Waals surface area contributed by atoms with Crippen LogP contribution in [0.1, 0.15) is 46.4 Å². The first-order valence-corrected chi connectivity index (χ1v) is 7.88. The summed E-state index contributed by atoms with van der Waals surface area (Å²) in [7, 11) is 1.77. The minimum Gasteiger partial charge on any atom is -0.361 e. The van der Waals surface area contributed by atoms with Crippen molar-refractivity contribution in [3.63, 3.8) is 0 Å². The molecule has 2 rings (SSSR count). The standard InChI is InChI=1S/C15H21N3O2S/c1-9(2)6-14-16-13(8-21-14)15(19)18(5)7-12-10(3)17-20-11(12)4/h8-9H,6-7H2,1-5H3. The highest BCUT2D eigenvalue weighted by molar-refractivity contribution is 7.09. The molecular formula is C15H21N3O2S. The molecule has 1 amide bonds. The van der Waals surface area contributed by atoms with Gasteiger partial charge in [0.1, 0.15) is 11.5 Å². The van der Waals surface area contributed by atoms with E-state index in [1.165, 1.54) is 0 Å². The Morgan fingerprint density at radius 3 is 2.71 bits per heavy atom. The number of aryl methyl sites for hydroxylation is 2. The number of hydrogen-bond acceptors (Lipinski definition) is 5. The van der Waals surface area contributed by atoms with Crippen LogP contribution in [0.4, 0.5) is 0 Å². The lowest BCUT2D eigenvalue weighted by molar-refractivity contribution is 0.0779. The van der Waals surface area contributed by atoms with Gasteiger partial charge in [-0.05, 0) is 19.8 Å². The van der Waals surface area contributed by atoms with Crippen LogP contribution >= 0.6 is 11.3 Å². The van der Waals surface area contributed by atoms with E-state index in [1.54, 1.807) is 23.3 Å². The van der Waals surface area contributed by atoms with E-state index in [1.807, 2.05) is 19.2 Å². The fourth-order valence-electron chi connectivity index (χ4n) is 2.08. The van der Waals surface area contributed by atoms with Crippen molar-refractivity contribution in [1.82, 2.24) is 15.0 Å². The number of aromatic nitrogens is 2. The number of amides is 1. The summed E-state index contributed by atoms with van der Waals surface area (Å²) >= 11 is 1.55. The first kappa shape index (κ1) is 15.7. The second kappa shape index (κ2) is 6.39. The van der Waals surface area contributed by atoms with Crippen LogP contribution in [-0.2, 0) is 13.0 Å². The van der Waals surface area contributed by atoms with Crippen LogP contribution in [0.5, 0.6) is 0 Å². The van der Waals surface area contributed by atoms with Crippen molar-refractivity contribution in [3.05, 3.63) is 33.1 Å². The van der Waals surface area contributed by atoms with E-state index in [2.05, 4.69) is 24.0 Å². The monoisotopic (exact) mass is 307 g/mol. The quantitative estimate of drug-likeness (QED) is 0.851. The van der Waals surface area contributed by atoms with E-state index >= 15 is 0 Å². The molecule has 2 aromatic heterocycles. The Kier molecular flexibility index (Phi) is 4.77. The number of hydrogen-bond donors (Lipinski definition) is 0. The molecule has 21 heavy (non-hydrogen) atoms. The molecule has 0 N–H and O–H groups in total. The lowest BCUT2D eigenvalue weighted by atomic mass is 10.1. The van der Waals surface area contributed by atoms with Crippen LogP contribution in [0.2, 0.25) is 0 Å². The number of carbonyl (C=O) groups excluding carboxylic acids is 1. The summed E-state index contributed by atoms with van der Waals surface area (Å²) in [6, 6.07) is 0. The molecular weight excluding hydrogens is 286 g/mol. The van der Waals surface area contributed by atoms with E-state index in [4.69, 9.17) is 4.52 Å². The average molecular weight is 307 g/mol. The maximum Gasteiger partial charge on any atom is 0.273 e. The molecule has 0 bridgehead atoms. The molecule has 2 aromatic rings. The Hall–Kier alpha value is -1.69. The number of rotatable bonds is 5. The molecule has 0 atom stereocenters. The summed E-state index contributed by atoms with van der Waals surface area (Å²) in [4.78, 5) is 18.5. The number of carbonyl (C=O) groups is 1. The van der Waals surface area contributed by atoms with Crippen LogP contribution in [0.3, 0.4) is 0 Å². The van der Waals surface area contributed by atoms with Gasteiger partial charge in [-0.1, -0.05) is 19.0 Å². The Labute approximate surface area is 129 Å². The molecule has 5 nitrogen and oxygen atoms in total. The van der Waals surface area contributed by atoms with Gasteiger partial charge in [-0.15, -0.1) is 11.3 Å². The third-order valence-electron chi connectivity index (χ3n) is 3.28. The Balaban J connectivity index is 2.07. The van der Waals surface area contributed by atoms with E-state index < -0.39 is 0 Å². The maximum atomic E-state index is 12.4. The molecule has 0 radical (unpaired) electrons. The smallest absolute Gasteiger partial charge is 0.273 e. The third-order valence-corrected chi connectivity index (χ3v) is 4.15. The molecule has 0 fully saturated rings. The fraction of sp³-hybridized carbons (Fsp3) is 0.533. The predicted molar refractivity (Wildman–Crippen MR) is 82.4 cm³/mol. The van der Waals surface area contributed by atoms with Crippen LogP contribution in [0.15, 0.2) is 9.90 Å². The van der Waals surface area contributed by atoms with Crippen molar-refractivity contribution < 1.29 is 9.32 Å². The minimum atomic E-state index is -0.0683. The van der Waals surface area contributed by atoms with Crippen LogP contribution < -0.4 is 0 Å². The molecule has 114 valence electrons. The average Bonchev–Trinajstić information content (AvgIpc) is 2.99. The van der Waals surface area contributed by atoms with Gasteiger partial charge in [-0.3, -0.25) is 4.79 Å². The third kappa shape index (κ3) is 3.69. The molecule has 0 aliphatic heterocycles. The summed E-state index contributed by atoms with van der Waals surface area (Å²) in [5.74, 6) is 1.23. The predicted octanol–water partition coefficient (Wildman–Crippen LogP) is 3.22. The molecule has 0 saturated heterocycles. The fourth-order valence-corrected chi connectivity index (χ4v) is 3.07. The molecule has 0 aromatic carbocycles. The molecule has 6 heteroatoms. The lowest BCUT2D eigenvalue weighted by Crippen LogP contribution is -2.27. The van der Waals surface area contributed by atoms with Crippen molar-refractivity contribution in [3.8, 4) is 0 Å². The Bertz CT molecular complexity index is 611. The number of nitrogens with zero attached hydrogens (tertiary/aromatic N) is 3. The van der Waals surface area contributed by atoms with Gasteiger partial charge < -0.3 is 9.42 Å². The number of thiazole rings is 1. The highest BCUT2D eigenvalue weighted by atomic mass is 32.1. The SMILES string of the molecule is Cc1noc(C)c1CN(C)C(=O)c1csc(CC(C)C)n1. The van der Waals surface area contributed by atoms with E-state index in [-0.39, 0.29) is 5.91 Å². The van der Waals surface area contributed by atoms with E-state index in [0.717, 1.165) is 28.4 Å². The zero-order valence-electron chi connectivity index (χ0n) is 13.1. The molecule has 0 aliphatic carbocycles. The summed E-state index contributed by atoms with van der Waals surface area (Å²) in [6.45, 7) is 8.51. The molecule has 2 heterocycles. The second-order valence-electron chi connectivity index (χ2n) is 5.69.